The Hall–Kier alpha value is -1.61. The normalized spacial score (nSPS) is 22.8. The molecule has 0 aliphatic carbocycles. The molecule has 2 unspecified atom stereocenters. The van der Waals surface area contributed by atoms with Crippen LogP contribution in [-0.4, -0.2) is 25.3 Å². The van der Waals surface area contributed by atoms with E-state index in [1.807, 2.05) is 18.2 Å². The van der Waals surface area contributed by atoms with Crippen molar-refractivity contribution in [2.75, 3.05) is 13.2 Å². The predicted molar refractivity (Wildman–Crippen MR) is 69.3 cm³/mol. The van der Waals surface area contributed by atoms with Gasteiger partial charge in [0.2, 0.25) is 0 Å². The number of benzene rings is 1. The quantitative estimate of drug-likeness (QED) is 0.594. The maximum absolute atomic E-state index is 11.3. The lowest BCUT2D eigenvalue weighted by Crippen LogP contribution is -2.28. The summed E-state index contributed by atoms with van der Waals surface area (Å²) in [6.07, 6.45) is 0.770. The van der Waals surface area contributed by atoms with Gasteiger partial charge in [-0.3, -0.25) is 0 Å². The lowest BCUT2D eigenvalue weighted by Gasteiger charge is -2.27. The first kappa shape index (κ1) is 12.8. The smallest absolute Gasteiger partial charge is 0.335 e. The van der Waals surface area contributed by atoms with Gasteiger partial charge in [0.25, 0.3) is 0 Å². The van der Waals surface area contributed by atoms with E-state index >= 15 is 0 Å². The molecule has 0 bridgehead atoms. The number of carbonyl (C=O) groups is 1. The van der Waals surface area contributed by atoms with Gasteiger partial charge < -0.3 is 9.47 Å². The van der Waals surface area contributed by atoms with E-state index in [9.17, 15) is 4.79 Å². The second-order valence-electron chi connectivity index (χ2n) is 4.58. The molecular formula is C15H18O3. The average Bonchev–Trinajstić information content (AvgIpc) is 2.40. The number of hydrogen-bond acceptors (Lipinski definition) is 3. The lowest BCUT2D eigenvalue weighted by molar-refractivity contribution is -0.143. The van der Waals surface area contributed by atoms with E-state index in [1.54, 1.807) is 0 Å². The van der Waals surface area contributed by atoms with Crippen molar-refractivity contribution in [3.05, 3.63) is 48.0 Å². The van der Waals surface area contributed by atoms with Crippen molar-refractivity contribution < 1.29 is 14.3 Å². The van der Waals surface area contributed by atoms with E-state index in [-0.39, 0.29) is 24.6 Å². The van der Waals surface area contributed by atoms with E-state index in [1.165, 1.54) is 5.56 Å². The first-order valence-electron chi connectivity index (χ1n) is 6.20. The summed E-state index contributed by atoms with van der Waals surface area (Å²) >= 11 is 0. The summed E-state index contributed by atoms with van der Waals surface area (Å²) in [5, 5.41) is 0. The molecule has 1 aromatic rings. The fourth-order valence-electron chi connectivity index (χ4n) is 2.09. The van der Waals surface area contributed by atoms with Crippen LogP contribution >= 0.6 is 0 Å². The molecule has 0 aromatic heterocycles. The molecule has 1 fully saturated rings. The molecule has 1 aliphatic rings. The van der Waals surface area contributed by atoms with Gasteiger partial charge in [0.05, 0.1) is 24.9 Å². The van der Waals surface area contributed by atoms with Gasteiger partial charge in [0.1, 0.15) is 0 Å². The minimum Gasteiger partial charge on any atom is -0.462 e. The molecule has 3 nitrogen and oxygen atoms in total. The second-order valence-corrected chi connectivity index (χ2v) is 4.58. The number of carbonyl (C=O) groups excluding carboxylic acids is 1. The van der Waals surface area contributed by atoms with Crippen molar-refractivity contribution in [2.24, 2.45) is 0 Å². The molecule has 0 spiro atoms. The molecule has 1 aliphatic heterocycles. The van der Waals surface area contributed by atoms with Crippen LogP contribution in [0.4, 0.5) is 0 Å². The largest absolute Gasteiger partial charge is 0.462 e. The van der Waals surface area contributed by atoms with Crippen LogP contribution in [0, 0.1) is 0 Å². The Morgan fingerprint density at radius 2 is 2.06 bits per heavy atom. The molecular weight excluding hydrogens is 228 g/mol. The van der Waals surface area contributed by atoms with E-state index in [0.29, 0.717) is 12.2 Å². The summed E-state index contributed by atoms with van der Waals surface area (Å²) in [6.45, 7) is 6.43. The van der Waals surface area contributed by atoms with Crippen LogP contribution in [0.5, 0.6) is 0 Å². The highest BCUT2D eigenvalue weighted by Gasteiger charge is 2.23. The third-order valence-corrected chi connectivity index (χ3v) is 3.28. The molecule has 0 amide bonds. The van der Waals surface area contributed by atoms with E-state index < -0.39 is 0 Å². The lowest BCUT2D eigenvalue weighted by atomic mass is 9.93. The number of rotatable bonds is 2. The fourth-order valence-corrected chi connectivity index (χ4v) is 2.09. The Balaban J connectivity index is 2.04. The molecule has 0 N–H and O–H groups in total. The molecule has 96 valence electrons. The molecule has 0 saturated carbocycles. The van der Waals surface area contributed by atoms with Crippen LogP contribution in [-0.2, 0) is 14.3 Å². The molecule has 3 heteroatoms. The number of hydrogen-bond donors (Lipinski definition) is 0. The van der Waals surface area contributed by atoms with Gasteiger partial charge in [-0.15, -0.1) is 0 Å². The Morgan fingerprint density at radius 1 is 1.33 bits per heavy atom. The first-order chi connectivity index (χ1) is 8.68. The van der Waals surface area contributed by atoms with E-state index in [2.05, 4.69) is 25.6 Å². The third kappa shape index (κ3) is 2.99. The van der Waals surface area contributed by atoms with Gasteiger partial charge in [-0.25, -0.2) is 4.79 Å². The third-order valence-electron chi connectivity index (χ3n) is 3.28. The zero-order valence-electron chi connectivity index (χ0n) is 10.6. The zero-order chi connectivity index (χ0) is 13.0. The van der Waals surface area contributed by atoms with Gasteiger partial charge in [0.15, 0.2) is 0 Å². The molecule has 1 heterocycles. The van der Waals surface area contributed by atoms with Gasteiger partial charge in [-0.05, 0) is 5.56 Å². The van der Waals surface area contributed by atoms with Crippen LogP contribution < -0.4 is 0 Å². The van der Waals surface area contributed by atoms with Crippen molar-refractivity contribution in [3.63, 3.8) is 0 Å². The highest BCUT2D eigenvalue weighted by molar-refractivity contribution is 5.88. The van der Waals surface area contributed by atoms with Crippen LogP contribution in [0.1, 0.15) is 24.8 Å². The molecule has 1 aromatic carbocycles. The average molecular weight is 246 g/mol. The predicted octanol–water partition coefficient (Wildman–Crippen LogP) is 2.68. The van der Waals surface area contributed by atoms with Crippen LogP contribution in [0.3, 0.4) is 0 Å². The Morgan fingerprint density at radius 3 is 2.78 bits per heavy atom. The van der Waals surface area contributed by atoms with E-state index in [4.69, 9.17) is 9.47 Å². The molecule has 0 radical (unpaired) electrons. The summed E-state index contributed by atoms with van der Waals surface area (Å²) in [6, 6.07) is 10.2. The van der Waals surface area contributed by atoms with Crippen LogP contribution in [0.2, 0.25) is 0 Å². The van der Waals surface area contributed by atoms with Gasteiger partial charge in [-0.2, -0.15) is 0 Å². The number of esters is 1. The maximum Gasteiger partial charge on any atom is 0.335 e. The Kier molecular flexibility index (Phi) is 4.15. The van der Waals surface area contributed by atoms with Crippen molar-refractivity contribution in [2.45, 2.75) is 25.4 Å². The Labute approximate surface area is 107 Å². The number of cyclic esters (lactones) is 1. The van der Waals surface area contributed by atoms with Crippen molar-refractivity contribution in [1.82, 2.24) is 0 Å². The standard InChI is InChI=1S/C15H18O3/c1-11-10-18-14(8-9-17-15(11)16)12(2)13-6-4-3-5-7-13/h3-7,12,14H,1,8-10H2,2H3. The van der Waals surface area contributed by atoms with Gasteiger partial charge >= 0.3 is 5.97 Å². The highest BCUT2D eigenvalue weighted by atomic mass is 16.5. The topological polar surface area (TPSA) is 35.5 Å². The van der Waals surface area contributed by atoms with Crippen molar-refractivity contribution in [3.8, 4) is 0 Å². The molecule has 2 rings (SSSR count). The monoisotopic (exact) mass is 246 g/mol. The first-order valence-corrected chi connectivity index (χ1v) is 6.20. The number of ether oxygens (including phenoxy) is 2. The molecule has 18 heavy (non-hydrogen) atoms. The summed E-state index contributed by atoms with van der Waals surface area (Å²) in [5.41, 5.74) is 1.62. The highest BCUT2D eigenvalue weighted by Crippen LogP contribution is 2.25. The molecule has 2 atom stereocenters. The minimum absolute atomic E-state index is 0.0530. The summed E-state index contributed by atoms with van der Waals surface area (Å²) in [4.78, 5) is 11.3. The summed E-state index contributed by atoms with van der Waals surface area (Å²) < 4.78 is 10.9. The van der Waals surface area contributed by atoms with Gasteiger partial charge in [-0.1, -0.05) is 43.8 Å². The second kappa shape index (κ2) is 5.83. The molecule has 1 saturated heterocycles. The minimum atomic E-state index is -0.346. The van der Waals surface area contributed by atoms with Crippen molar-refractivity contribution in [1.29, 1.82) is 0 Å². The van der Waals surface area contributed by atoms with Gasteiger partial charge in [0, 0.05) is 12.3 Å². The summed E-state index contributed by atoms with van der Waals surface area (Å²) in [7, 11) is 0. The van der Waals surface area contributed by atoms with Crippen molar-refractivity contribution >= 4 is 5.97 Å². The van der Waals surface area contributed by atoms with Crippen LogP contribution in [0.25, 0.3) is 0 Å². The zero-order valence-corrected chi connectivity index (χ0v) is 10.6. The fraction of sp³-hybridized carbons (Fsp3) is 0.400. The Bertz CT molecular complexity index is 425. The maximum atomic E-state index is 11.3. The van der Waals surface area contributed by atoms with Crippen LogP contribution in [0.15, 0.2) is 42.5 Å². The van der Waals surface area contributed by atoms with E-state index in [0.717, 1.165) is 6.42 Å². The summed E-state index contributed by atoms with van der Waals surface area (Å²) in [5.74, 6) is -0.0726. The SMILES string of the molecule is C=C1COC(C(C)c2ccccc2)CCOC1=O.